The van der Waals surface area contributed by atoms with Crippen molar-refractivity contribution in [2.24, 2.45) is 5.14 Å². The minimum atomic E-state index is -4.56. The highest BCUT2D eigenvalue weighted by Gasteiger charge is 2.31. The molecule has 12 heteroatoms. The third kappa shape index (κ3) is 5.59. The molecule has 1 heterocycles. The van der Waals surface area contributed by atoms with Crippen molar-refractivity contribution in [3.8, 4) is 0 Å². The number of hydrogen-bond donors (Lipinski definition) is 2. The Bertz CT molecular complexity index is 919. The minimum Gasteiger partial charge on any atom is -0.325 e. The highest BCUT2D eigenvalue weighted by atomic mass is 35.5. The Labute approximate surface area is 156 Å². The van der Waals surface area contributed by atoms with E-state index >= 15 is 0 Å². The molecule has 140 valence electrons. The number of thioether (sulfide) groups is 1. The number of nitrogens with one attached hydrogen (secondary N) is 1. The molecule has 0 fully saturated rings. The fourth-order valence-corrected chi connectivity index (χ4v) is 3.26. The van der Waals surface area contributed by atoms with Crippen LogP contribution in [0.3, 0.4) is 0 Å². The molecule has 0 radical (unpaired) electrons. The van der Waals surface area contributed by atoms with Gasteiger partial charge in [0.2, 0.25) is 15.9 Å². The Morgan fingerprint density at radius 3 is 2.38 bits per heavy atom. The number of hydrogen-bond acceptors (Lipinski definition) is 5. The SMILES string of the molecule is NS(=O)(=O)c1ccc(NC(=O)CSc2ncc(C(F)(F)F)cc2Cl)cc1. The van der Waals surface area contributed by atoms with Crippen molar-refractivity contribution < 1.29 is 26.4 Å². The first-order valence-electron chi connectivity index (χ1n) is 6.75. The summed E-state index contributed by atoms with van der Waals surface area (Å²) in [5.74, 6) is -0.634. The van der Waals surface area contributed by atoms with Crippen molar-refractivity contribution in [1.29, 1.82) is 0 Å². The molecule has 0 bridgehead atoms. The van der Waals surface area contributed by atoms with Crippen LogP contribution in [0, 0.1) is 0 Å². The molecule has 0 saturated carbocycles. The predicted octanol–water partition coefficient (Wildman–Crippen LogP) is 3.13. The average Bonchev–Trinajstić information content (AvgIpc) is 2.52. The van der Waals surface area contributed by atoms with E-state index in [0.29, 0.717) is 11.9 Å². The van der Waals surface area contributed by atoms with Crippen LogP contribution in [-0.4, -0.2) is 25.1 Å². The van der Waals surface area contributed by atoms with Crippen LogP contribution < -0.4 is 10.5 Å². The molecule has 1 aromatic carbocycles. The van der Waals surface area contributed by atoms with Gasteiger partial charge in [-0.15, -0.1) is 0 Å². The van der Waals surface area contributed by atoms with Gasteiger partial charge in [0, 0.05) is 11.9 Å². The van der Waals surface area contributed by atoms with E-state index in [2.05, 4.69) is 10.3 Å². The summed E-state index contributed by atoms with van der Waals surface area (Å²) < 4.78 is 59.9. The van der Waals surface area contributed by atoms with Crippen LogP contribution in [0.2, 0.25) is 5.02 Å². The van der Waals surface area contributed by atoms with E-state index in [0.717, 1.165) is 17.8 Å². The Morgan fingerprint density at radius 2 is 1.88 bits per heavy atom. The first-order chi connectivity index (χ1) is 12.0. The van der Waals surface area contributed by atoms with Crippen molar-refractivity contribution in [1.82, 2.24) is 4.98 Å². The Kier molecular flexibility index (Phi) is 6.17. The summed E-state index contributed by atoms with van der Waals surface area (Å²) in [6, 6.07) is 5.90. The van der Waals surface area contributed by atoms with Gasteiger partial charge in [0.15, 0.2) is 0 Å². The number of primary sulfonamides is 1. The summed E-state index contributed by atoms with van der Waals surface area (Å²) in [6.07, 6.45) is -3.92. The molecular weight excluding hydrogens is 415 g/mol. The zero-order valence-electron chi connectivity index (χ0n) is 12.7. The highest BCUT2D eigenvalue weighted by molar-refractivity contribution is 8.00. The normalized spacial score (nSPS) is 12.0. The number of benzene rings is 1. The standard InChI is InChI=1S/C14H11ClF3N3O3S2/c15-11-5-8(14(16,17)18)6-20-13(11)25-7-12(22)21-9-1-3-10(4-2-9)26(19,23)24/h1-6H,7H2,(H,21,22)(H2,19,23,24). The van der Waals surface area contributed by atoms with Gasteiger partial charge >= 0.3 is 6.18 Å². The van der Waals surface area contributed by atoms with E-state index < -0.39 is 27.7 Å². The number of nitrogens with zero attached hydrogens (tertiary/aromatic N) is 1. The summed E-state index contributed by atoms with van der Waals surface area (Å²) in [5.41, 5.74) is -0.652. The molecule has 3 N–H and O–H groups in total. The van der Waals surface area contributed by atoms with Gasteiger partial charge in [-0.05, 0) is 30.3 Å². The summed E-state index contributed by atoms with van der Waals surface area (Å²) >= 11 is 6.62. The van der Waals surface area contributed by atoms with E-state index in [-0.39, 0.29) is 20.7 Å². The van der Waals surface area contributed by atoms with Gasteiger partial charge in [0.25, 0.3) is 0 Å². The fourth-order valence-electron chi connectivity index (χ4n) is 1.75. The lowest BCUT2D eigenvalue weighted by Crippen LogP contribution is -2.15. The van der Waals surface area contributed by atoms with Crippen LogP contribution in [-0.2, 0) is 21.0 Å². The lowest BCUT2D eigenvalue weighted by atomic mass is 10.3. The number of aromatic nitrogens is 1. The highest BCUT2D eigenvalue weighted by Crippen LogP contribution is 2.33. The second kappa shape index (κ2) is 7.82. The molecule has 26 heavy (non-hydrogen) atoms. The van der Waals surface area contributed by atoms with Crippen LogP contribution >= 0.6 is 23.4 Å². The molecule has 0 atom stereocenters. The number of anilines is 1. The average molecular weight is 426 g/mol. The number of carbonyl (C=O) groups is 1. The quantitative estimate of drug-likeness (QED) is 0.716. The number of rotatable bonds is 5. The van der Waals surface area contributed by atoms with Crippen LogP contribution in [0.5, 0.6) is 0 Å². The van der Waals surface area contributed by atoms with Crippen molar-refractivity contribution in [2.75, 3.05) is 11.1 Å². The summed E-state index contributed by atoms with van der Waals surface area (Å²) in [4.78, 5) is 15.4. The zero-order valence-corrected chi connectivity index (χ0v) is 15.1. The van der Waals surface area contributed by atoms with Gasteiger partial charge in [-0.3, -0.25) is 4.79 Å². The summed E-state index contributed by atoms with van der Waals surface area (Å²) in [7, 11) is -3.83. The maximum absolute atomic E-state index is 12.5. The second-order valence-electron chi connectivity index (χ2n) is 4.91. The number of halogens is 4. The number of carbonyl (C=O) groups excluding carboxylic acids is 1. The van der Waals surface area contributed by atoms with E-state index in [1.807, 2.05) is 0 Å². The Morgan fingerprint density at radius 1 is 1.27 bits per heavy atom. The molecular formula is C14H11ClF3N3O3S2. The maximum atomic E-state index is 12.5. The first-order valence-corrected chi connectivity index (χ1v) is 9.66. The molecule has 0 aliphatic carbocycles. The van der Waals surface area contributed by atoms with Crippen molar-refractivity contribution in [2.45, 2.75) is 16.1 Å². The van der Waals surface area contributed by atoms with Crippen molar-refractivity contribution in [3.63, 3.8) is 0 Å². The third-order valence-corrected chi connectivity index (χ3v) is 5.28. The molecule has 2 aromatic rings. The fraction of sp³-hybridized carbons (Fsp3) is 0.143. The first kappa shape index (κ1) is 20.5. The van der Waals surface area contributed by atoms with Gasteiger partial charge in [-0.2, -0.15) is 13.2 Å². The predicted molar refractivity (Wildman–Crippen MR) is 91.4 cm³/mol. The smallest absolute Gasteiger partial charge is 0.325 e. The third-order valence-electron chi connectivity index (χ3n) is 2.94. The largest absolute Gasteiger partial charge is 0.417 e. The second-order valence-corrected chi connectivity index (χ2v) is 7.85. The molecule has 0 aliphatic rings. The Hall–Kier alpha value is -1.82. The number of sulfonamides is 1. The monoisotopic (exact) mass is 425 g/mol. The van der Waals surface area contributed by atoms with Crippen LogP contribution in [0.1, 0.15) is 5.56 Å². The number of amides is 1. The molecule has 2 rings (SSSR count). The topological polar surface area (TPSA) is 102 Å². The van der Waals surface area contributed by atoms with Gasteiger partial charge in [0.05, 0.1) is 21.2 Å². The van der Waals surface area contributed by atoms with Crippen LogP contribution in [0.4, 0.5) is 18.9 Å². The molecule has 0 unspecified atom stereocenters. The number of nitrogens with two attached hydrogens (primary N) is 1. The van der Waals surface area contributed by atoms with Crippen molar-refractivity contribution >= 4 is 45.0 Å². The van der Waals surface area contributed by atoms with E-state index in [9.17, 15) is 26.4 Å². The molecule has 0 spiro atoms. The van der Waals surface area contributed by atoms with Crippen molar-refractivity contribution in [3.05, 3.63) is 47.1 Å². The van der Waals surface area contributed by atoms with Crippen LogP contribution in [0.25, 0.3) is 0 Å². The van der Waals surface area contributed by atoms with E-state index in [1.54, 1.807) is 0 Å². The number of pyridine rings is 1. The lowest BCUT2D eigenvalue weighted by Gasteiger charge is -2.09. The van der Waals surface area contributed by atoms with E-state index in [4.69, 9.17) is 16.7 Å². The van der Waals surface area contributed by atoms with Gasteiger partial charge < -0.3 is 5.32 Å². The van der Waals surface area contributed by atoms with Gasteiger partial charge in [0.1, 0.15) is 5.03 Å². The van der Waals surface area contributed by atoms with Gasteiger partial charge in [-0.25, -0.2) is 18.5 Å². The maximum Gasteiger partial charge on any atom is 0.417 e. The van der Waals surface area contributed by atoms with Gasteiger partial charge in [-0.1, -0.05) is 23.4 Å². The van der Waals surface area contributed by atoms with Crippen LogP contribution in [0.15, 0.2) is 46.5 Å². The Balaban J connectivity index is 1.97. The summed E-state index contributed by atoms with van der Waals surface area (Å²) in [6.45, 7) is 0. The lowest BCUT2D eigenvalue weighted by molar-refractivity contribution is -0.137. The molecule has 1 amide bonds. The molecule has 0 aliphatic heterocycles. The molecule has 1 aromatic heterocycles. The summed E-state index contributed by atoms with van der Waals surface area (Å²) in [5, 5.41) is 7.33. The zero-order chi connectivity index (χ0) is 19.5. The molecule has 0 saturated heterocycles. The number of alkyl halides is 3. The van der Waals surface area contributed by atoms with E-state index in [1.165, 1.54) is 24.3 Å². The minimum absolute atomic E-state index is 0.0828. The molecule has 6 nitrogen and oxygen atoms in total.